The number of benzene rings is 1. The molecule has 0 fully saturated rings. The molecule has 0 aliphatic heterocycles. The van der Waals surface area contributed by atoms with E-state index in [1.54, 1.807) is 14.2 Å². The molecule has 0 bridgehead atoms. The van der Waals surface area contributed by atoms with Gasteiger partial charge in [0.2, 0.25) is 0 Å². The first-order chi connectivity index (χ1) is 10.7. The van der Waals surface area contributed by atoms with Crippen LogP contribution in [0.15, 0.2) is 29.1 Å². The summed E-state index contributed by atoms with van der Waals surface area (Å²) in [6.07, 6.45) is 2.04. The number of rotatable bonds is 7. The molecule has 1 aromatic heterocycles. The molecule has 0 atom stereocenters. The van der Waals surface area contributed by atoms with Crippen molar-refractivity contribution in [2.75, 3.05) is 20.8 Å². The van der Waals surface area contributed by atoms with Gasteiger partial charge < -0.3 is 20.2 Å². The van der Waals surface area contributed by atoms with E-state index in [2.05, 4.69) is 9.97 Å². The van der Waals surface area contributed by atoms with Gasteiger partial charge in [-0.1, -0.05) is 6.07 Å². The predicted molar refractivity (Wildman–Crippen MR) is 84.6 cm³/mol. The van der Waals surface area contributed by atoms with E-state index >= 15 is 0 Å². The topological polar surface area (TPSA) is 90.2 Å². The minimum atomic E-state index is -0.141. The lowest BCUT2D eigenvalue weighted by atomic mass is 10.1. The fraction of sp³-hybridized carbons (Fsp3) is 0.375. The third-order valence-electron chi connectivity index (χ3n) is 3.30. The lowest BCUT2D eigenvalue weighted by Crippen LogP contribution is -2.14. The highest BCUT2D eigenvalue weighted by Gasteiger charge is 2.07. The van der Waals surface area contributed by atoms with Gasteiger partial charge in [-0.3, -0.25) is 4.79 Å². The van der Waals surface area contributed by atoms with Gasteiger partial charge in [0.05, 0.1) is 14.2 Å². The number of nitrogens with zero attached hydrogens (tertiary/aromatic N) is 1. The Morgan fingerprint density at radius 2 is 1.95 bits per heavy atom. The summed E-state index contributed by atoms with van der Waals surface area (Å²) >= 11 is 0. The zero-order valence-electron chi connectivity index (χ0n) is 12.9. The first-order valence-electron chi connectivity index (χ1n) is 7.16. The van der Waals surface area contributed by atoms with Crippen molar-refractivity contribution in [1.82, 2.24) is 9.97 Å². The summed E-state index contributed by atoms with van der Waals surface area (Å²) < 4.78 is 10.5. The molecule has 6 nitrogen and oxygen atoms in total. The minimum Gasteiger partial charge on any atom is -0.493 e. The Hall–Kier alpha value is -2.34. The Balaban J connectivity index is 2.23. The molecule has 0 radical (unpaired) electrons. The predicted octanol–water partition coefficient (Wildman–Crippen LogP) is 1.27. The average molecular weight is 303 g/mol. The SMILES string of the molecule is COc1ccc(Cc2nc(CCCN)cc(=O)[nH]2)cc1OC. The number of ether oxygens (including phenoxy) is 2. The molecule has 3 N–H and O–H groups in total. The van der Waals surface area contributed by atoms with E-state index in [1.807, 2.05) is 18.2 Å². The van der Waals surface area contributed by atoms with Crippen LogP contribution in [-0.4, -0.2) is 30.7 Å². The molecule has 6 heteroatoms. The van der Waals surface area contributed by atoms with E-state index in [9.17, 15) is 4.79 Å². The van der Waals surface area contributed by atoms with Crippen LogP contribution in [0.2, 0.25) is 0 Å². The average Bonchev–Trinajstić information content (AvgIpc) is 2.52. The van der Waals surface area contributed by atoms with Crippen molar-refractivity contribution in [1.29, 1.82) is 0 Å². The third kappa shape index (κ3) is 4.08. The number of aryl methyl sites for hydroxylation is 1. The number of aromatic nitrogens is 2. The fourth-order valence-corrected chi connectivity index (χ4v) is 2.24. The highest BCUT2D eigenvalue weighted by Crippen LogP contribution is 2.28. The largest absolute Gasteiger partial charge is 0.493 e. The van der Waals surface area contributed by atoms with Gasteiger partial charge in [-0.2, -0.15) is 0 Å². The molecule has 1 aromatic carbocycles. The lowest BCUT2D eigenvalue weighted by molar-refractivity contribution is 0.354. The van der Waals surface area contributed by atoms with Gasteiger partial charge in [0.15, 0.2) is 11.5 Å². The maximum Gasteiger partial charge on any atom is 0.251 e. The van der Waals surface area contributed by atoms with Gasteiger partial charge in [0, 0.05) is 18.2 Å². The minimum absolute atomic E-state index is 0.141. The van der Waals surface area contributed by atoms with E-state index in [-0.39, 0.29) is 5.56 Å². The Kier molecular flexibility index (Phi) is 5.55. The van der Waals surface area contributed by atoms with Crippen LogP contribution in [-0.2, 0) is 12.8 Å². The molecule has 0 aliphatic rings. The van der Waals surface area contributed by atoms with Crippen LogP contribution < -0.4 is 20.8 Å². The Labute approximate surface area is 129 Å². The molecular formula is C16H21N3O3. The second-order valence-electron chi connectivity index (χ2n) is 4.94. The number of aromatic amines is 1. The van der Waals surface area contributed by atoms with Crippen LogP contribution in [0.1, 0.15) is 23.5 Å². The van der Waals surface area contributed by atoms with E-state index in [1.165, 1.54) is 6.07 Å². The van der Waals surface area contributed by atoms with Gasteiger partial charge in [-0.25, -0.2) is 4.98 Å². The van der Waals surface area contributed by atoms with Gasteiger partial charge in [-0.05, 0) is 37.1 Å². The number of nitrogens with one attached hydrogen (secondary N) is 1. The molecule has 2 aromatic rings. The quantitative estimate of drug-likeness (QED) is 0.804. The van der Waals surface area contributed by atoms with Crippen LogP contribution >= 0.6 is 0 Å². The fourth-order valence-electron chi connectivity index (χ4n) is 2.24. The number of H-pyrrole nitrogens is 1. The maximum atomic E-state index is 11.7. The van der Waals surface area contributed by atoms with Crippen LogP contribution in [0, 0.1) is 0 Å². The zero-order chi connectivity index (χ0) is 15.9. The molecule has 0 saturated carbocycles. The number of methoxy groups -OCH3 is 2. The number of hydrogen-bond donors (Lipinski definition) is 2. The molecular weight excluding hydrogens is 282 g/mol. The highest BCUT2D eigenvalue weighted by molar-refractivity contribution is 5.43. The first-order valence-corrected chi connectivity index (χ1v) is 7.16. The number of hydrogen-bond acceptors (Lipinski definition) is 5. The summed E-state index contributed by atoms with van der Waals surface area (Å²) in [5, 5.41) is 0. The van der Waals surface area contributed by atoms with E-state index in [0.717, 1.165) is 17.7 Å². The Morgan fingerprint density at radius 3 is 2.64 bits per heavy atom. The molecule has 0 spiro atoms. The summed E-state index contributed by atoms with van der Waals surface area (Å²) in [5.74, 6) is 1.96. The van der Waals surface area contributed by atoms with Crippen molar-refractivity contribution in [3.05, 3.63) is 51.7 Å². The smallest absolute Gasteiger partial charge is 0.251 e. The van der Waals surface area contributed by atoms with Crippen molar-refractivity contribution in [3.63, 3.8) is 0 Å². The normalized spacial score (nSPS) is 10.5. The first kappa shape index (κ1) is 16.0. The van der Waals surface area contributed by atoms with Gasteiger partial charge in [0.25, 0.3) is 5.56 Å². The summed E-state index contributed by atoms with van der Waals surface area (Å²) in [6.45, 7) is 0.583. The monoisotopic (exact) mass is 303 g/mol. The molecule has 118 valence electrons. The molecule has 0 unspecified atom stereocenters. The van der Waals surface area contributed by atoms with E-state index in [0.29, 0.717) is 36.7 Å². The second kappa shape index (κ2) is 7.61. The van der Waals surface area contributed by atoms with E-state index < -0.39 is 0 Å². The summed E-state index contributed by atoms with van der Waals surface area (Å²) in [4.78, 5) is 19.0. The van der Waals surface area contributed by atoms with Crippen molar-refractivity contribution < 1.29 is 9.47 Å². The summed E-state index contributed by atoms with van der Waals surface area (Å²) in [6, 6.07) is 7.16. The standard InChI is InChI=1S/C16H21N3O3/c1-21-13-6-5-11(8-14(13)22-2)9-15-18-12(4-3-7-17)10-16(20)19-15/h5-6,8,10H,3-4,7,9,17H2,1-2H3,(H,18,19,20). The highest BCUT2D eigenvalue weighted by atomic mass is 16.5. The summed E-state index contributed by atoms with van der Waals surface area (Å²) in [5.41, 5.74) is 7.11. The molecule has 0 saturated heterocycles. The number of nitrogens with two attached hydrogens (primary N) is 1. The Bertz CT molecular complexity index is 683. The van der Waals surface area contributed by atoms with Crippen molar-refractivity contribution in [3.8, 4) is 11.5 Å². The molecule has 1 heterocycles. The summed E-state index contributed by atoms with van der Waals surface area (Å²) in [7, 11) is 3.19. The van der Waals surface area contributed by atoms with Crippen LogP contribution in [0.3, 0.4) is 0 Å². The van der Waals surface area contributed by atoms with Gasteiger partial charge in [0.1, 0.15) is 5.82 Å². The lowest BCUT2D eigenvalue weighted by Gasteiger charge is -2.09. The molecule has 22 heavy (non-hydrogen) atoms. The zero-order valence-corrected chi connectivity index (χ0v) is 12.9. The van der Waals surface area contributed by atoms with Crippen LogP contribution in [0.5, 0.6) is 11.5 Å². The molecule has 0 amide bonds. The van der Waals surface area contributed by atoms with E-state index in [4.69, 9.17) is 15.2 Å². The maximum absolute atomic E-state index is 11.7. The molecule has 0 aliphatic carbocycles. The van der Waals surface area contributed by atoms with Crippen LogP contribution in [0.25, 0.3) is 0 Å². The third-order valence-corrected chi connectivity index (χ3v) is 3.30. The van der Waals surface area contributed by atoms with Gasteiger partial charge >= 0.3 is 0 Å². The van der Waals surface area contributed by atoms with Gasteiger partial charge in [-0.15, -0.1) is 0 Å². The Morgan fingerprint density at radius 1 is 1.18 bits per heavy atom. The van der Waals surface area contributed by atoms with Crippen molar-refractivity contribution in [2.24, 2.45) is 5.73 Å². The van der Waals surface area contributed by atoms with Crippen molar-refractivity contribution in [2.45, 2.75) is 19.3 Å². The second-order valence-corrected chi connectivity index (χ2v) is 4.94. The van der Waals surface area contributed by atoms with Crippen molar-refractivity contribution >= 4 is 0 Å². The molecule has 2 rings (SSSR count). The van der Waals surface area contributed by atoms with Crippen LogP contribution in [0.4, 0.5) is 0 Å².